The highest BCUT2D eigenvalue weighted by atomic mass is 16.7. The minimum Gasteiger partial charge on any atom is -0.454 e. The number of tetrazole rings is 1. The van der Waals surface area contributed by atoms with Crippen LogP contribution in [0, 0.1) is 5.92 Å². The van der Waals surface area contributed by atoms with Crippen molar-refractivity contribution in [2.45, 2.75) is 44.6 Å². The first-order valence-corrected chi connectivity index (χ1v) is 10.0. The number of fused-ring (bicyclic) bond motifs is 2. The molecule has 1 aromatic heterocycles. The lowest BCUT2D eigenvalue weighted by Crippen LogP contribution is -2.41. The molecule has 2 aromatic rings. The van der Waals surface area contributed by atoms with Crippen LogP contribution in [0.15, 0.2) is 18.2 Å². The van der Waals surface area contributed by atoms with E-state index < -0.39 is 0 Å². The number of rotatable bonds is 7. The van der Waals surface area contributed by atoms with Crippen LogP contribution in [-0.4, -0.2) is 65.0 Å². The van der Waals surface area contributed by atoms with Crippen molar-refractivity contribution in [2.24, 2.45) is 5.92 Å². The average Bonchev–Trinajstić information content (AvgIpc) is 3.46. The molecule has 2 saturated heterocycles. The molecule has 5 rings (SSSR count). The number of nitrogens with zero attached hydrogens (tertiary/aromatic N) is 4. The Kier molecular flexibility index (Phi) is 4.98. The van der Waals surface area contributed by atoms with Crippen LogP contribution < -0.4 is 19.5 Å². The zero-order valence-electron chi connectivity index (χ0n) is 16.5. The maximum Gasteiger partial charge on any atom is 0.341 e. The third kappa shape index (κ3) is 3.63. The van der Waals surface area contributed by atoms with E-state index in [0.29, 0.717) is 36.4 Å². The topological polar surface area (TPSA) is 102 Å². The summed E-state index contributed by atoms with van der Waals surface area (Å²) in [6.07, 6.45) is 0.988. The van der Waals surface area contributed by atoms with Crippen molar-refractivity contribution in [1.29, 1.82) is 0 Å². The molecular formula is C19H25N5O5. The highest BCUT2D eigenvalue weighted by Crippen LogP contribution is 2.38. The molecule has 10 nitrogen and oxygen atoms in total. The third-order valence-electron chi connectivity index (χ3n) is 5.49. The normalized spacial score (nSPS) is 27.6. The van der Waals surface area contributed by atoms with Crippen LogP contribution in [0.1, 0.15) is 26.3 Å². The number of benzene rings is 1. The summed E-state index contributed by atoms with van der Waals surface area (Å²) in [5.74, 6) is 2.57. The van der Waals surface area contributed by atoms with Gasteiger partial charge in [0.25, 0.3) is 0 Å². The van der Waals surface area contributed by atoms with E-state index in [-0.39, 0.29) is 37.1 Å². The molecule has 2 fully saturated rings. The van der Waals surface area contributed by atoms with Crippen molar-refractivity contribution in [2.75, 3.05) is 26.6 Å². The minimum absolute atomic E-state index is 0.0187. The SMILES string of the molecule is CC(C)CCNC1COC2C1OCC2n1nnnc1Oc1ccc2c(c1)OCO2. The Morgan fingerprint density at radius 1 is 1.17 bits per heavy atom. The first kappa shape index (κ1) is 18.6. The predicted molar refractivity (Wildman–Crippen MR) is 100 cm³/mol. The van der Waals surface area contributed by atoms with Crippen molar-refractivity contribution >= 4 is 0 Å². The molecule has 29 heavy (non-hydrogen) atoms. The number of hydrogen-bond acceptors (Lipinski definition) is 9. The molecular weight excluding hydrogens is 378 g/mol. The zero-order valence-corrected chi connectivity index (χ0v) is 16.5. The summed E-state index contributed by atoms with van der Waals surface area (Å²) >= 11 is 0. The van der Waals surface area contributed by atoms with E-state index in [0.717, 1.165) is 13.0 Å². The van der Waals surface area contributed by atoms with Crippen molar-refractivity contribution in [3.8, 4) is 23.3 Å². The Morgan fingerprint density at radius 2 is 2.03 bits per heavy atom. The lowest BCUT2D eigenvalue weighted by molar-refractivity contribution is 0.0611. The van der Waals surface area contributed by atoms with Gasteiger partial charge in [0.1, 0.15) is 24.0 Å². The quantitative estimate of drug-likeness (QED) is 0.737. The Labute approximate surface area is 168 Å². The Bertz CT molecular complexity index is 859. The molecule has 0 spiro atoms. The van der Waals surface area contributed by atoms with Crippen LogP contribution in [0.5, 0.6) is 23.3 Å². The van der Waals surface area contributed by atoms with Gasteiger partial charge in [-0.2, -0.15) is 4.68 Å². The minimum atomic E-state index is -0.143. The summed E-state index contributed by atoms with van der Waals surface area (Å²) < 4.78 is 30.4. The van der Waals surface area contributed by atoms with E-state index in [4.69, 9.17) is 23.7 Å². The molecule has 0 radical (unpaired) electrons. The summed E-state index contributed by atoms with van der Waals surface area (Å²) in [5, 5.41) is 15.5. The fourth-order valence-electron chi connectivity index (χ4n) is 3.93. The number of ether oxygens (including phenoxy) is 5. The van der Waals surface area contributed by atoms with Crippen LogP contribution in [0.4, 0.5) is 0 Å². The molecule has 4 heterocycles. The van der Waals surface area contributed by atoms with Crippen molar-refractivity contribution in [3.63, 3.8) is 0 Å². The van der Waals surface area contributed by atoms with Gasteiger partial charge in [0.2, 0.25) is 6.79 Å². The van der Waals surface area contributed by atoms with E-state index in [2.05, 4.69) is 34.7 Å². The van der Waals surface area contributed by atoms with Crippen LogP contribution >= 0.6 is 0 Å². The van der Waals surface area contributed by atoms with Crippen LogP contribution in [0.3, 0.4) is 0 Å². The summed E-state index contributed by atoms with van der Waals surface area (Å²) in [6, 6.07) is 5.68. The van der Waals surface area contributed by atoms with Gasteiger partial charge in [0.15, 0.2) is 11.5 Å². The van der Waals surface area contributed by atoms with Gasteiger partial charge in [-0.25, -0.2) is 0 Å². The first-order valence-electron chi connectivity index (χ1n) is 10.0. The average molecular weight is 403 g/mol. The summed E-state index contributed by atoms with van der Waals surface area (Å²) in [7, 11) is 0. The molecule has 0 aliphatic carbocycles. The fourth-order valence-corrected chi connectivity index (χ4v) is 3.93. The van der Waals surface area contributed by atoms with Gasteiger partial charge in [-0.3, -0.25) is 0 Å². The molecule has 3 aliphatic rings. The molecule has 1 aromatic carbocycles. The van der Waals surface area contributed by atoms with E-state index in [1.165, 1.54) is 0 Å². The second-order valence-corrected chi connectivity index (χ2v) is 7.93. The van der Waals surface area contributed by atoms with Crippen molar-refractivity contribution in [3.05, 3.63) is 18.2 Å². The van der Waals surface area contributed by atoms with E-state index >= 15 is 0 Å². The molecule has 4 unspecified atom stereocenters. The highest BCUT2D eigenvalue weighted by Gasteiger charge is 2.49. The second kappa shape index (κ2) is 7.77. The largest absolute Gasteiger partial charge is 0.454 e. The smallest absolute Gasteiger partial charge is 0.341 e. The maximum atomic E-state index is 6.05. The van der Waals surface area contributed by atoms with Gasteiger partial charge in [0.05, 0.1) is 19.3 Å². The highest BCUT2D eigenvalue weighted by molar-refractivity contribution is 5.47. The number of aromatic nitrogens is 4. The molecule has 0 bridgehead atoms. The first-order chi connectivity index (χ1) is 14.2. The number of nitrogens with one attached hydrogen (secondary N) is 1. The van der Waals surface area contributed by atoms with Crippen molar-refractivity contribution < 1.29 is 23.7 Å². The van der Waals surface area contributed by atoms with Gasteiger partial charge in [-0.1, -0.05) is 18.9 Å². The molecule has 156 valence electrons. The Morgan fingerprint density at radius 3 is 2.93 bits per heavy atom. The van der Waals surface area contributed by atoms with Crippen LogP contribution in [0.25, 0.3) is 0 Å². The summed E-state index contributed by atoms with van der Waals surface area (Å²) in [5.41, 5.74) is 0. The predicted octanol–water partition coefficient (Wildman–Crippen LogP) is 1.54. The Balaban J connectivity index is 1.27. The lowest BCUT2D eigenvalue weighted by Gasteiger charge is -2.18. The third-order valence-corrected chi connectivity index (χ3v) is 5.49. The van der Waals surface area contributed by atoms with Gasteiger partial charge >= 0.3 is 6.01 Å². The van der Waals surface area contributed by atoms with Gasteiger partial charge in [-0.05, 0) is 41.4 Å². The number of hydrogen-bond donors (Lipinski definition) is 1. The van der Waals surface area contributed by atoms with Gasteiger partial charge < -0.3 is 29.0 Å². The standard InChI is InChI=1S/C19H25N5O5/c1-11(2)5-6-20-13-8-25-18-14(9-26-17(13)18)24-19(21-22-23-24)29-12-3-4-15-16(7-12)28-10-27-15/h3-4,7,11,13-14,17-18,20H,5-6,8-10H2,1-2H3. The van der Waals surface area contributed by atoms with Crippen LogP contribution in [-0.2, 0) is 9.47 Å². The summed E-state index contributed by atoms with van der Waals surface area (Å²) in [4.78, 5) is 0. The second-order valence-electron chi connectivity index (χ2n) is 7.93. The van der Waals surface area contributed by atoms with Crippen LogP contribution in [0.2, 0.25) is 0 Å². The molecule has 1 N–H and O–H groups in total. The zero-order chi connectivity index (χ0) is 19.8. The Hall–Kier alpha value is -2.43. The lowest BCUT2D eigenvalue weighted by atomic mass is 10.1. The molecule has 0 amide bonds. The summed E-state index contributed by atoms with van der Waals surface area (Å²) in [6.45, 7) is 6.69. The fraction of sp³-hybridized carbons (Fsp3) is 0.632. The molecule has 4 atom stereocenters. The van der Waals surface area contributed by atoms with E-state index in [1.54, 1.807) is 22.9 Å². The maximum absolute atomic E-state index is 6.05. The molecule has 0 saturated carbocycles. The van der Waals surface area contributed by atoms with Crippen molar-refractivity contribution in [1.82, 2.24) is 25.5 Å². The van der Waals surface area contributed by atoms with E-state index in [9.17, 15) is 0 Å². The monoisotopic (exact) mass is 403 g/mol. The van der Waals surface area contributed by atoms with Gasteiger partial charge in [0, 0.05) is 6.07 Å². The van der Waals surface area contributed by atoms with E-state index in [1.807, 2.05) is 0 Å². The molecule has 3 aliphatic heterocycles. The molecule has 10 heteroatoms. The van der Waals surface area contributed by atoms with Gasteiger partial charge in [-0.15, -0.1) is 0 Å².